The highest BCUT2D eigenvalue weighted by Gasteiger charge is 2.47. The van der Waals surface area contributed by atoms with Gasteiger partial charge >= 0.3 is 0 Å². The fraction of sp³-hybridized carbons (Fsp3) is 0.185. The average molecular weight is 496 g/mol. The van der Waals surface area contributed by atoms with Crippen molar-refractivity contribution >= 4 is 34.7 Å². The predicted molar refractivity (Wildman–Crippen MR) is 131 cm³/mol. The normalized spacial score (nSPS) is 17.2. The van der Waals surface area contributed by atoms with Crippen LogP contribution >= 0.6 is 11.6 Å². The lowest BCUT2D eigenvalue weighted by molar-refractivity contribution is -0.132. The Morgan fingerprint density at radius 1 is 1.03 bits per heavy atom. The van der Waals surface area contributed by atoms with E-state index in [1.165, 1.54) is 24.1 Å². The quantitative estimate of drug-likeness (QED) is 0.262. The number of hydrogen-bond donors (Lipinski definition) is 1. The number of Topliss-reactive ketones (excluding diaryl/α,β-unsaturated/α-hetero) is 1. The van der Waals surface area contributed by atoms with E-state index >= 15 is 0 Å². The third kappa shape index (κ3) is 4.72. The fourth-order valence-corrected chi connectivity index (χ4v) is 4.18. The van der Waals surface area contributed by atoms with Crippen molar-refractivity contribution in [3.05, 3.63) is 94.3 Å². The van der Waals surface area contributed by atoms with Crippen LogP contribution in [0.3, 0.4) is 0 Å². The molecule has 0 radical (unpaired) electrons. The van der Waals surface area contributed by atoms with Gasteiger partial charge in [0.1, 0.15) is 23.1 Å². The number of aliphatic hydroxyl groups excluding tert-OH is 1. The second-order valence-electron chi connectivity index (χ2n) is 8.24. The van der Waals surface area contributed by atoms with Gasteiger partial charge in [-0.15, -0.1) is 0 Å². The van der Waals surface area contributed by atoms with Gasteiger partial charge in [0, 0.05) is 11.3 Å². The van der Waals surface area contributed by atoms with Crippen LogP contribution < -0.4 is 14.4 Å². The SMILES string of the molecule is COc1cccc(C2/C(=C(\O)c3cccc(OC(C)C)c3)C(=O)C(=O)N2c2ccc(F)c(Cl)c2)c1. The minimum absolute atomic E-state index is 0.0991. The number of aliphatic hydroxyl groups is 1. The molecule has 3 aromatic carbocycles. The first-order chi connectivity index (χ1) is 16.7. The summed E-state index contributed by atoms with van der Waals surface area (Å²) in [6.07, 6.45) is -0.0991. The lowest BCUT2D eigenvalue weighted by atomic mass is 9.95. The zero-order valence-corrected chi connectivity index (χ0v) is 20.0. The Labute approximate surface area is 207 Å². The van der Waals surface area contributed by atoms with E-state index in [9.17, 15) is 19.1 Å². The molecule has 0 aromatic heterocycles. The Kier molecular flexibility index (Phi) is 6.80. The van der Waals surface area contributed by atoms with Crippen LogP contribution in [-0.4, -0.2) is 30.0 Å². The molecule has 1 aliphatic heterocycles. The molecule has 3 aromatic rings. The van der Waals surface area contributed by atoms with Crippen LogP contribution in [-0.2, 0) is 9.59 Å². The smallest absolute Gasteiger partial charge is 0.300 e. The first kappa shape index (κ1) is 24.3. The van der Waals surface area contributed by atoms with E-state index in [-0.39, 0.29) is 28.1 Å². The zero-order valence-electron chi connectivity index (χ0n) is 19.3. The van der Waals surface area contributed by atoms with Crippen LogP contribution in [0.2, 0.25) is 5.02 Å². The van der Waals surface area contributed by atoms with Crippen molar-refractivity contribution in [2.24, 2.45) is 0 Å². The van der Waals surface area contributed by atoms with Crippen molar-refractivity contribution in [3.8, 4) is 11.5 Å². The number of nitrogens with zero attached hydrogens (tertiary/aromatic N) is 1. The van der Waals surface area contributed by atoms with Crippen molar-refractivity contribution < 1.29 is 28.6 Å². The van der Waals surface area contributed by atoms with Gasteiger partial charge in [-0.3, -0.25) is 14.5 Å². The summed E-state index contributed by atoms with van der Waals surface area (Å²) in [6.45, 7) is 3.74. The summed E-state index contributed by atoms with van der Waals surface area (Å²) in [6, 6.07) is 16.2. The van der Waals surface area contributed by atoms with Crippen LogP contribution in [0.5, 0.6) is 11.5 Å². The summed E-state index contributed by atoms with van der Waals surface area (Å²) < 4.78 is 24.9. The van der Waals surface area contributed by atoms with E-state index < -0.39 is 23.5 Å². The molecular formula is C27H23ClFNO5. The fourth-order valence-electron chi connectivity index (χ4n) is 4.01. The first-order valence-corrected chi connectivity index (χ1v) is 11.3. The van der Waals surface area contributed by atoms with Gasteiger partial charge in [-0.25, -0.2) is 4.39 Å². The number of benzene rings is 3. The lowest BCUT2D eigenvalue weighted by Gasteiger charge is -2.26. The van der Waals surface area contributed by atoms with E-state index in [0.717, 1.165) is 6.07 Å². The van der Waals surface area contributed by atoms with Crippen molar-refractivity contribution in [2.45, 2.75) is 26.0 Å². The Hall–Kier alpha value is -3.84. The molecule has 0 saturated carbocycles. The molecule has 1 aliphatic rings. The number of ketones is 1. The number of halogens is 2. The maximum atomic E-state index is 13.9. The van der Waals surface area contributed by atoms with E-state index in [1.807, 2.05) is 13.8 Å². The van der Waals surface area contributed by atoms with Gasteiger partial charge in [-0.1, -0.05) is 35.9 Å². The van der Waals surface area contributed by atoms with Gasteiger partial charge in [0.2, 0.25) is 0 Å². The minimum atomic E-state index is -1.01. The number of anilines is 1. The standard InChI is InChI=1S/C27H23ClFNO5/c1-15(2)35-20-9-5-7-17(13-20)25(31)23-24(16-6-4-8-19(12-16)34-3)30(27(33)26(23)32)18-10-11-22(29)21(28)14-18/h4-15,24,31H,1-3H3/b25-23+. The summed E-state index contributed by atoms with van der Waals surface area (Å²) >= 11 is 5.98. The van der Waals surface area contributed by atoms with Crippen LogP contribution in [0.25, 0.3) is 5.76 Å². The summed E-state index contributed by atoms with van der Waals surface area (Å²) in [5.74, 6) is -1.78. The van der Waals surface area contributed by atoms with E-state index in [4.69, 9.17) is 21.1 Å². The Balaban J connectivity index is 1.93. The van der Waals surface area contributed by atoms with E-state index in [1.54, 1.807) is 48.5 Å². The Bertz CT molecular complexity index is 1340. The van der Waals surface area contributed by atoms with Crippen molar-refractivity contribution in [1.29, 1.82) is 0 Å². The van der Waals surface area contributed by atoms with Crippen LogP contribution in [0.4, 0.5) is 10.1 Å². The molecule has 0 bridgehead atoms. The van der Waals surface area contributed by atoms with Crippen molar-refractivity contribution in [2.75, 3.05) is 12.0 Å². The van der Waals surface area contributed by atoms with Gasteiger partial charge in [-0.2, -0.15) is 0 Å². The van der Waals surface area contributed by atoms with Gasteiger partial charge in [-0.05, 0) is 61.9 Å². The van der Waals surface area contributed by atoms with Crippen molar-refractivity contribution in [1.82, 2.24) is 0 Å². The molecule has 35 heavy (non-hydrogen) atoms. The molecule has 1 saturated heterocycles. The molecule has 1 N–H and O–H groups in total. The third-order valence-electron chi connectivity index (χ3n) is 5.51. The van der Waals surface area contributed by atoms with Gasteiger partial charge in [0.25, 0.3) is 11.7 Å². The highest BCUT2D eigenvalue weighted by molar-refractivity contribution is 6.51. The maximum Gasteiger partial charge on any atom is 0.300 e. The van der Waals surface area contributed by atoms with Gasteiger partial charge in [0.15, 0.2) is 0 Å². The number of carbonyl (C=O) groups is 2. The van der Waals surface area contributed by atoms with Crippen LogP contribution in [0.1, 0.15) is 31.0 Å². The lowest BCUT2D eigenvalue weighted by Crippen LogP contribution is -2.29. The number of rotatable bonds is 6. The average Bonchev–Trinajstić information content (AvgIpc) is 3.10. The number of hydrogen-bond acceptors (Lipinski definition) is 5. The third-order valence-corrected chi connectivity index (χ3v) is 5.80. The highest BCUT2D eigenvalue weighted by atomic mass is 35.5. The molecule has 180 valence electrons. The summed E-state index contributed by atoms with van der Waals surface area (Å²) in [4.78, 5) is 27.7. The van der Waals surface area contributed by atoms with Gasteiger partial charge < -0.3 is 14.6 Å². The molecule has 8 heteroatoms. The number of methoxy groups -OCH3 is 1. The monoisotopic (exact) mass is 495 g/mol. The molecular weight excluding hydrogens is 473 g/mol. The molecule has 1 fully saturated rings. The van der Waals surface area contributed by atoms with E-state index in [0.29, 0.717) is 22.6 Å². The second kappa shape index (κ2) is 9.80. The molecule has 6 nitrogen and oxygen atoms in total. The Morgan fingerprint density at radius 3 is 2.43 bits per heavy atom. The summed E-state index contributed by atoms with van der Waals surface area (Å²) in [5.41, 5.74) is 0.916. The van der Waals surface area contributed by atoms with Crippen LogP contribution in [0.15, 0.2) is 72.3 Å². The largest absolute Gasteiger partial charge is 0.507 e. The van der Waals surface area contributed by atoms with Crippen LogP contribution in [0, 0.1) is 5.82 Å². The molecule has 1 atom stereocenters. The molecule has 1 amide bonds. The summed E-state index contributed by atoms with van der Waals surface area (Å²) in [7, 11) is 1.50. The second-order valence-corrected chi connectivity index (χ2v) is 8.65. The molecule has 1 unspecified atom stereocenters. The first-order valence-electron chi connectivity index (χ1n) is 10.9. The van der Waals surface area contributed by atoms with Crippen molar-refractivity contribution in [3.63, 3.8) is 0 Å². The maximum absolute atomic E-state index is 13.9. The topological polar surface area (TPSA) is 76.1 Å². The molecule has 0 spiro atoms. The molecule has 0 aliphatic carbocycles. The summed E-state index contributed by atoms with van der Waals surface area (Å²) in [5, 5.41) is 11.1. The predicted octanol–water partition coefficient (Wildman–Crippen LogP) is 5.90. The number of ether oxygens (including phenoxy) is 2. The van der Waals surface area contributed by atoms with Gasteiger partial charge in [0.05, 0.1) is 29.9 Å². The minimum Gasteiger partial charge on any atom is -0.507 e. The highest BCUT2D eigenvalue weighted by Crippen LogP contribution is 2.43. The number of amides is 1. The zero-order chi connectivity index (χ0) is 25.3. The number of carbonyl (C=O) groups excluding carboxylic acids is 2. The van der Waals surface area contributed by atoms with E-state index in [2.05, 4.69) is 0 Å². The molecule has 1 heterocycles. The molecule has 4 rings (SSSR count). The Morgan fingerprint density at radius 2 is 1.74 bits per heavy atom.